The predicted octanol–water partition coefficient (Wildman–Crippen LogP) is 3.21. The molecule has 12 heavy (non-hydrogen) atoms. The molecule has 0 bridgehead atoms. The van der Waals surface area contributed by atoms with Gasteiger partial charge >= 0.3 is 0 Å². The summed E-state index contributed by atoms with van der Waals surface area (Å²) in [7, 11) is 0. The second-order valence-corrected chi connectivity index (χ2v) is 4.78. The largest absolute Gasteiger partial charge is 0.113 e. The summed E-state index contributed by atoms with van der Waals surface area (Å²) in [6.07, 6.45) is 0. The molecule has 2 heteroatoms. The second-order valence-electron chi connectivity index (χ2n) is 3.09. The van der Waals surface area contributed by atoms with Crippen LogP contribution in [0.5, 0.6) is 0 Å². The molecule has 0 amide bonds. The van der Waals surface area contributed by atoms with Gasteiger partial charge < -0.3 is 0 Å². The van der Waals surface area contributed by atoms with Gasteiger partial charge in [-0.3, -0.25) is 0 Å². The average molecular weight is 194 g/mol. The number of rotatable bonds is 0. The van der Waals surface area contributed by atoms with E-state index in [9.17, 15) is 0 Å². The fraction of sp³-hybridized carbons (Fsp3) is 0.300. The van der Waals surface area contributed by atoms with E-state index < -0.39 is 0 Å². The van der Waals surface area contributed by atoms with E-state index in [2.05, 4.69) is 31.2 Å². The molecular weight excluding hydrogens is 184 g/mol. The highest BCUT2D eigenvalue weighted by Gasteiger charge is 2.19. The SMILES string of the molecule is CC1CSC(=S)c2ccccc21. The van der Waals surface area contributed by atoms with Crippen LogP contribution < -0.4 is 0 Å². The van der Waals surface area contributed by atoms with E-state index in [1.807, 2.05) is 0 Å². The van der Waals surface area contributed by atoms with Gasteiger partial charge in [0.2, 0.25) is 0 Å². The summed E-state index contributed by atoms with van der Waals surface area (Å²) < 4.78 is 1.06. The standard InChI is InChI=1S/C10H10S2/c1-7-6-12-10(11)9-5-3-2-4-8(7)9/h2-5,7H,6H2,1H3. The van der Waals surface area contributed by atoms with Gasteiger partial charge in [0.25, 0.3) is 0 Å². The summed E-state index contributed by atoms with van der Waals surface area (Å²) in [6.45, 7) is 2.26. The second kappa shape index (κ2) is 3.19. The molecule has 0 radical (unpaired) electrons. The fourth-order valence-corrected chi connectivity index (χ4v) is 2.79. The molecule has 0 spiro atoms. The lowest BCUT2D eigenvalue weighted by Crippen LogP contribution is -2.11. The average Bonchev–Trinajstić information content (AvgIpc) is 2.12. The normalized spacial score (nSPS) is 22.1. The van der Waals surface area contributed by atoms with Gasteiger partial charge in [0.15, 0.2) is 0 Å². The van der Waals surface area contributed by atoms with Crippen molar-refractivity contribution in [2.24, 2.45) is 0 Å². The molecule has 1 aliphatic heterocycles. The molecular formula is C10H10S2. The Kier molecular flexibility index (Phi) is 2.20. The van der Waals surface area contributed by atoms with E-state index in [4.69, 9.17) is 12.2 Å². The highest BCUT2D eigenvalue weighted by molar-refractivity contribution is 8.23. The van der Waals surface area contributed by atoms with Crippen LogP contribution in [0.25, 0.3) is 0 Å². The van der Waals surface area contributed by atoms with Crippen molar-refractivity contribution < 1.29 is 0 Å². The van der Waals surface area contributed by atoms with E-state index in [1.54, 1.807) is 11.8 Å². The Balaban J connectivity index is 2.55. The first kappa shape index (κ1) is 8.27. The molecule has 1 heterocycles. The molecule has 0 nitrogen and oxygen atoms in total. The van der Waals surface area contributed by atoms with Gasteiger partial charge in [-0.15, -0.1) is 11.8 Å². The van der Waals surface area contributed by atoms with Gasteiger partial charge in [-0.2, -0.15) is 0 Å². The van der Waals surface area contributed by atoms with E-state index >= 15 is 0 Å². The quantitative estimate of drug-likeness (QED) is 0.582. The first-order valence-electron chi connectivity index (χ1n) is 4.05. The summed E-state index contributed by atoms with van der Waals surface area (Å²) in [5.74, 6) is 1.79. The van der Waals surface area contributed by atoms with Crippen LogP contribution in [-0.2, 0) is 0 Å². The molecule has 62 valence electrons. The van der Waals surface area contributed by atoms with Gasteiger partial charge in [-0.1, -0.05) is 43.4 Å². The van der Waals surface area contributed by atoms with E-state index in [-0.39, 0.29) is 0 Å². The molecule has 0 saturated carbocycles. The van der Waals surface area contributed by atoms with Crippen molar-refractivity contribution in [2.75, 3.05) is 5.75 Å². The van der Waals surface area contributed by atoms with Crippen molar-refractivity contribution in [3.05, 3.63) is 35.4 Å². The summed E-state index contributed by atoms with van der Waals surface area (Å²) >= 11 is 7.08. The van der Waals surface area contributed by atoms with Crippen molar-refractivity contribution in [2.45, 2.75) is 12.8 Å². The molecule has 0 N–H and O–H groups in total. The Labute approximate surface area is 82.4 Å². The van der Waals surface area contributed by atoms with Crippen molar-refractivity contribution in [3.8, 4) is 0 Å². The van der Waals surface area contributed by atoms with Crippen molar-refractivity contribution >= 4 is 28.2 Å². The summed E-state index contributed by atoms with van der Waals surface area (Å²) in [6, 6.07) is 8.46. The molecule has 1 aromatic carbocycles. The zero-order chi connectivity index (χ0) is 8.55. The number of fused-ring (bicyclic) bond motifs is 1. The molecule has 1 aromatic rings. The lowest BCUT2D eigenvalue weighted by atomic mass is 9.98. The van der Waals surface area contributed by atoms with Gasteiger partial charge in [-0.25, -0.2) is 0 Å². The maximum Gasteiger partial charge on any atom is 0.0781 e. The molecule has 0 fully saturated rings. The van der Waals surface area contributed by atoms with Gasteiger partial charge in [0.05, 0.1) is 4.20 Å². The molecule has 1 atom stereocenters. The lowest BCUT2D eigenvalue weighted by Gasteiger charge is -2.21. The van der Waals surface area contributed by atoms with Gasteiger partial charge in [0.1, 0.15) is 0 Å². The van der Waals surface area contributed by atoms with E-state index in [1.165, 1.54) is 11.1 Å². The minimum Gasteiger partial charge on any atom is -0.113 e. The Morgan fingerprint density at radius 1 is 1.42 bits per heavy atom. The van der Waals surface area contributed by atoms with E-state index in [0.717, 1.165) is 9.95 Å². The molecule has 0 saturated heterocycles. The third kappa shape index (κ3) is 1.29. The number of hydrogen-bond donors (Lipinski definition) is 0. The van der Waals surface area contributed by atoms with Crippen LogP contribution in [0, 0.1) is 0 Å². The number of benzene rings is 1. The minimum absolute atomic E-state index is 0.651. The number of thiocarbonyl (C=S) groups is 1. The van der Waals surface area contributed by atoms with Crippen molar-refractivity contribution in [1.29, 1.82) is 0 Å². The Morgan fingerprint density at radius 2 is 2.17 bits per heavy atom. The zero-order valence-corrected chi connectivity index (χ0v) is 8.54. The summed E-state index contributed by atoms with van der Waals surface area (Å²) in [4.78, 5) is 0. The Morgan fingerprint density at radius 3 is 2.92 bits per heavy atom. The van der Waals surface area contributed by atoms with Crippen molar-refractivity contribution in [3.63, 3.8) is 0 Å². The summed E-state index contributed by atoms with van der Waals surface area (Å²) in [5, 5.41) is 0. The monoisotopic (exact) mass is 194 g/mol. The van der Waals surface area contributed by atoms with Crippen molar-refractivity contribution in [1.82, 2.24) is 0 Å². The van der Waals surface area contributed by atoms with Crippen LogP contribution in [0.3, 0.4) is 0 Å². The smallest absolute Gasteiger partial charge is 0.0781 e. The molecule has 1 aliphatic rings. The Hall–Kier alpha value is -0.340. The van der Waals surface area contributed by atoms with E-state index in [0.29, 0.717) is 5.92 Å². The maximum absolute atomic E-state index is 5.28. The third-order valence-corrected chi connectivity index (χ3v) is 3.90. The lowest BCUT2D eigenvalue weighted by molar-refractivity contribution is 0.877. The maximum atomic E-state index is 5.28. The van der Waals surface area contributed by atoms with Crippen LogP contribution >= 0.6 is 24.0 Å². The molecule has 2 rings (SSSR count). The first-order valence-corrected chi connectivity index (χ1v) is 5.44. The summed E-state index contributed by atoms with van der Waals surface area (Å²) in [5.41, 5.74) is 2.69. The van der Waals surface area contributed by atoms with Gasteiger partial charge in [-0.05, 0) is 11.5 Å². The van der Waals surface area contributed by atoms with Crippen LogP contribution in [0.1, 0.15) is 24.0 Å². The molecule has 1 unspecified atom stereocenters. The van der Waals surface area contributed by atoms with Gasteiger partial charge in [0, 0.05) is 11.3 Å². The highest BCUT2D eigenvalue weighted by atomic mass is 32.2. The predicted molar refractivity (Wildman–Crippen MR) is 59.0 cm³/mol. The topological polar surface area (TPSA) is 0 Å². The third-order valence-electron chi connectivity index (χ3n) is 2.18. The fourth-order valence-electron chi connectivity index (χ4n) is 1.48. The number of thioether (sulfide) groups is 1. The minimum atomic E-state index is 0.651. The van der Waals surface area contributed by atoms with Crippen LogP contribution in [0.15, 0.2) is 24.3 Å². The Bertz CT molecular complexity index is 317. The molecule has 0 aliphatic carbocycles. The van der Waals surface area contributed by atoms with Crippen LogP contribution in [0.4, 0.5) is 0 Å². The number of hydrogen-bond acceptors (Lipinski definition) is 2. The van der Waals surface area contributed by atoms with Crippen LogP contribution in [-0.4, -0.2) is 9.95 Å². The van der Waals surface area contributed by atoms with Crippen LogP contribution in [0.2, 0.25) is 0 Å². The molecule has 0 aromatic heterocycles. The zero-order valence-electron chi connectivity index (χ0n) is 6.91. The first-order chi connectivity index (χ1) is 5.79. The highest BCUT2D eigenvalue weighted by Crippen LogP contribution is 2.32.